The number of rotatable bonds is 7. The Labute approximate surface area is 182 Å². The number of halogens is 1. The molecule has 5 nitrogen and oxygen atoms in total. The van der Waals surface area contributed by atoms with E-state index in [0.717, 1.165) is 55.1 Å². The average molecular weight is 419 g/mol. The van der Waals surface area contributed by atoms with E-state index in [9.17, 15) is 9.18 Å². The van der Waals surface area contributed by atoms with Gasteiger partial charge < -0.3 is 10.2 Å². The zero-order valence-corrected chi connectivity index (χ0v) is 17.5. The first-order valence-corrected chi connectivity index (χ1v) is 10.8. The van der Waals surface area contributed by atoms with Gasteiger partial charge in [-0.3, -0.25) is 4.79 Å². The van der Waals surface area contributed by atoms with Crippen LogP contribution in [0.2, 0.25) is 0 Å². The molecule has 0 unspecified atom stereocenters. The Balaban J connectivity index is 1.32. The van der Waals surface area contributed by atoms with Crippen LogP contribution < -0.4 is 5.32 Å². The Morgan fingerprint density at radius 3 is 2.71 bits per heavy atom. The SMILES string of the molecule is O=C(CCCc1ccc(F)cc1)N1CCC[C@@H](c2cccc(Nc3ccccn3)n2)C1. The van der Waals surface area contributed by atoms with E-state index in [2.05, 4.69) is 10.3 Å². The van der Waals surface area contributed by atoms with Gasteiger partial charge in [-0.25, -0.2) is 14.4 Å². The van der Waals surface area contributed by atoms with E-state index in [1.165, 1.54) is 12.1 Å². The third-order valence-corrected chi connectivity index (χ3v) is 5.65. The summed E-state index contributed by atoms with van der Waals surface area (Å²) >= 11 is 0. The van der Waals surface area contributed by atoms with E-state index in [4.69, 9.17) is 4.98 Å². The van der Waals surface area contributed by atoms with E-state index < -0.39 is 0 Å². The number of hydrogen-bond donors (Lipinski definition) is 1. The Morgan fingerprint density at radius 1 is 1.06 bits per heavy atom. The molecule has 1 fully saturated rings. The number of carbonyl (C=O) groups excluding carboxylic acids is 1. The zero-order chi connectivity index (χ0) is 21.5. The van der Waals surface area contributed by atoms with Crippen molar-refractivity contribution in [2.24, 2.45) is 0 Å². The third kappa shape index (κ3) is 5.87. The normalized spacial score (nSPS) is 16.2. The summed E-state index contributed by atoms with van der Waals surface area (Å²) in [7, 11) is 0. The Hall–Kier alpha value is -3.28. The second-order valence-electron chi connectivity index (χ2n) is 7.95. The van der Waals surface area contributed by atoms with Crippen molar-refractivity contribution in [2.75, 3.05) is 18.4 Å². The first-order valence-electron chi connectivity index (χ1n) is 10.8. The minimum absolute atomic E-state index is 0.189. The van der Waals surface area contributed by atoms with Crippen LogP contribution in [0.4, 0.5) is 16.0 Å². The molecule has 3 aromatic rings. The number of aromatic nitrogens is 2. The van der Waals surface area contributed by atoms with Gasteiger partial charge in [0, 0.05) is 37.3 Å². The second-order valence-corrected chi connectivity index (χ2v) is 7.95. The fraction of sp³-hybridized carbons (Fsp3) is 0.320. The topological polar surface area (TPSA) is 58.1 Å². The third-order valence-electron chi connectivity index (χ3n) is 5.65. The van der Waals surface area contributed by atoms with Crippen molar-refractivity contribution in [3.05, 3.63) is 83.9 Å². The maximum atomic E-state index is 13.0. The van der Waals surface area contributed by atoms with Crippen LogP contribution in [0, 0.1) is 5.82 Å². The number of amides is 1. The van der Waals surface area contributed by atoms with E-state index >= 15 is 0 Å². The van der Waals surface area contributed by atoms with Crippen molar-refractivity contribution < 1.29 is 9.18 Å². The number of aryl methyl sites for hydroxylation is 1. The summed E-state index contributed by atoms with van der Waals surface area (Å²) in [6, 6.07) is 18.2. The van der Waals surface area contributed by atoms with Crippen LogP contribution in [-0.4, -0.2) is 33.9 Å². The summed E-state index contributed by atoms with van der Waals surface area (Å²) in [4.78, 5) is 23.8. The molecule has 6 heteroatoms. The summed E-state index contributed by atoms with van der Waals surface area (Å²) in [5.74, 6) is 1.72. The van der Waals surface area contributed by atoms with Crippen molar-refractivity contribution in [2.45, 2.75) is 38.0 Å². The predicted molar refractivity (Wildman–Crippen MR) is 120 cm³/mol. The number of likely N-dealkylation sites (tertiary alicyclic amines) is 1. The first kappa shape index (κ1) is 21.0. The molecule has 2 aromatic heterocycles. The number of piperidine rings is 1. The van der Waals surface area contributed by atoms with Crippen LogP contribution in [0.5, 0.6) is 0 Å². The van der Waals surface area contributed by atoms with Crippen LogP contribution in [0.15, 0.2) is 66.9 Å². The maximum Gasteiger partial charge on any atom is 0.222 e. The van der Waals surface area contributed by atoms with Gasteiger partial charge in [0.25, 0.3) is 0 Å². The lowest BCUT2D eigenvalue weighted by atomic mass is 9.94. The number of benzene rings is 1. The molecule has 0 spiro atoms. The highest BCUT2D eigenvalue weighted by molar-refractivity contribution is 5.76. The molecule has 1 aromatic carbocycles. The standard InChI is InChI=1S/C25H27FN4O/c26-21-14-12-19(13-15-21)6-3-11-25(31)30-17-5-7-20(18-30)22-8-4-10-24(28-22)29-23-9-1-2-16-27-23/h1-2,4,8-10,12-16,20H,3,5-7,11,17-18H2,(H,27,28,29)/t20-/m1/s1. The molecule has 0 aliphatic carbocycles. The largest absolute Gasteiger partial charge is 0.342 e. The fourth-order valence-electron chi connectivity index (χ4n) is 4.01. The quantitative estimate of drug-likeness (QED) is 0.581. The van der Waals surface area contributed by atoms with Crippen LogP contribution in [0.1, 0.15) is 42.9 Å². The van der Waals surface area contributed by atoms with Gasteiger partial charge in [-0.05, 0) is 67.6 Å². The molecule has 1 atom stereocenters. The lowest BCUT2D eigenvalue weighted by molar-refractivity contribution is -0.132. The molecule has 1 N–H and O–H groups in total. The molecular formula is C25H27FN4O. The first-order chi connectivity index (χ1) is 15.2. The Kier molecular flexibility index (Phi) is 6.87. The monoisotopic (exact) mass is 418 g/mol. The number of hydrogen-bond acceptors (Lipinski definition) is 4. The lowest BCUT2D eigenvalue weighted by Crippen LogP contribution is -2.39. The molecule has 1 aliphatic rings. The summed E-state index contributed by atoms with van der Waals surface area (Å²) in [5, 5.41) is 3.24. The summed E-state index contributed by atoms with van der Waals surface area (Å²) in [5.41, 5.74) is 2.07. The van der Waals surface area contributed by atoms with Crippen molar-refractivity contribution in [3.63, 3.8) is 0 Å². The highest BCUT2D eigenvalue weighted by atomic mass is 19.1. The minimum atomic E-state index is -0.230. The number of nitrogens with zero attached hydrogens (tertiary/aromatic N) is 3. The molecule has 160 valence electrons. The highest BCUT2D eigenvalue weighted by Gasteiger charge is 2.25. The Bertz CT molecular complexity index is 994. The minimum Gasteiger partial charge on any atom is -0.342 e. The van der Waals surface area contributed by atoms with Gasteiger partial charge in [0.05, 0.1) is 0 Å². The van der Waals surface area contributed by atoms with Crippen LogP contribution in [-0.2, 0) is 11.2 Å². The molecule has 1 aliphatic heterocycles. The molecule has 1 amide bonds. The van der Waals surface area contributed by atoms with Crippen molar-refractivity contribution >= 4 is 17.5 Å². The average Bonchev–Trinajstić information content (AvgIpc) is 2.81. The molecule has 1 saturated heterocycles. The molecule has 4 rings (SSSR count). The summed E-state index contributed by atoms with van der Waals surface area (Å²) in [6.45, 7) is 1.51. The number of nitrogens with one attached hydrogen (secondary N) is 1. The molecule has 0 saturated carbocycles. The molecule has 3 heterocycles. The van der Waals surface area contributed by atoms with Gasteiger partial charge in [0.15, 0.2) is 0 Å². The number of anilines is 2. The van der Waals surface area contributed by atoms with E-state index in [-0.39, 0.29) is 17.6 Å². The molecular weight excluding hydrogens is 391 g/mol. The van der Waals surface area contributed by atoms with E-state index in [1.54, 1.807) is 18.3 Å². The number of pyridine rings is 2. The van der Waals surface area contributed by atoms with Gasteiger partial charge in [-0.1, -0.05) is 24.3 Å². The van der Waals surface area contributed by atoms with Crippen LogP contribution in [0.25, 0.3) is 0 Å². The second kappa shape index (κ2) is 10.2. The van der Waals surface area contributed by atoms with Crippen LogP contribution in [0.3, 0.4) is 0 Å². The van der Waals surface area contributed by atoms with Gasteiger partial charge >= 0.3 is 0 Å². The predicted octanol–water partition coefficient (Wildman–Crippen LogP) is 5.09. The van der Waals surface area contributed by atoms with Gasteiger partial charge in [0.1, 0.15) is 17.5 Å². The summed E-state index contributed by atoms with van der Waals surface area (Å²) in [6.07, 6.45) is 5.82. The maximum absolute atomic E-state index is 13.0. The van der Waals surface area contributed by atoms with Gasteiger partial charge in [-0.15, -0.1) is 0 Å². The smallest absolute Gasteiger partial charge is 0.222 e. The molecule has 0 radical (unpaired) electrons. The van der Waals surface area contributed by atoms with Crippen molar-refractivity contribution in [1.29, 1.82) is 0 Å². The van der Waals surface area contributed by atoms with Crippen molar-refractivity contribution in [3.8, 4) is 0 Å². The number of carbonyl (C=O) groups is 1. The van der Waals surface area contributed by atoms with E-state index in [1.807, 2.05) is 41.3 Å². The summed E-state index contributed by atoms with van der Waals surface area (Å²) < 4.78 is 13.0. The zero-order valence-electron chi connectivity index (χ0n) is 17.5. The van der Waals surface area contributed by atoms with E-state index in [0.29, 0.717) is 13.0 Å². The van der Waals surface area contributed by atoms with Crippen LogP contribution >= 0.6 is 0 Å². The van der Waals surface area contributed by atoms with Crippen molar-refractivity contribution in [1.82, 2.24) is 14.9 Å². The molecule has 31 heavy (non-hydrogen) atoms. The Morgan fingerprint density at radius 2 is 1.90 bits per heavy atom. The van der Waals surface area contributed by atoms with Gasteiger partial charge in [-0.2, -0.15) is 0 Å². The van der Waals surface area contributed by atoms with Gasteiger partial charge in [0.2, 0.25) is 5.91 Å². The molecule has 0 bridgehead atoms. The lowest BCUT2D eigenvalue weighted by Gasteiger charge is -2.32. The fourth-order valence-corrected chi connectivity index (χ4v) is 4.01. The highest BCUT2D eigenvalue weighted by Crippen LogP contribution is 2.27.